The zero-order valence-corrected chi connectivity index (χ0v) is 19.4. The van der Waals surface area contributed by atoms with E-state index >= 15 is 0 Å². The molecular formula is C23H31ClFN5O3. The van der Waals surface area contributed by atoms with Crippen molar-refractivity contribution in [3.63, 3.8) is 0 Å². The van der Waals surface area contributed by atoms with Crippen molar-refractivity contribution in [2.75, 3.05) is 19.7 Å². The van der Waals surface area contributed by atoms with Gasteiger partial charge in [0.25, 0.3) is 5.91 Å². The second-order valence-corrected chi connectivity index (χ2v) is 10.4. The molecule has 8 nitrogen and oxygen atoms in total. The number of hydrogen-bond acceptors (Lipinski definition) is 6. The maximum absolute atomic E-state index is 13.5. The van der Waals surface area contributed by atoms with Crippen LogP contribution in [-0.4, -0.2) is 60.8 Å². The highest BCUT2D eigenvalue weighted by Crippen LogP contribution is 2.45. The number of ether oxygens (including phenoxy) is 1. The highest BCUT2D eigenvalue weighted by molar-refractivity contribution is 6.30. The van der Waals surface area contributed by atoms with Crippen molar-refractivity contribution in [3.05, 3.63) is 29.0 Å². The molecule has 1 aromatic carbocycles. The Hall–Kier alpha value is -1.94. The Morgan fingerprint density at radius 3 is 2.70 bits per heavy atom. The minimum atomic E-state index is -0.584. The molecule has 0 aromatic heterocycles. The van der Waals surface area contributed by atoms with Gasteiger partial charge in [-0.1, -0.05) is 18.5 Å². The molecule has 0 radical (unpaired) electrons. The lowest BCUT2D eigenvalue weighted by molar-refractivity contribution is -0.127. The van der Waals surface area contributed by atoms with Crippen LogP contribution in [0.25, 0.3) is 0 Å². The molecule has 2 bridgehead atoms. The summed E-state index contributed by atoms with van der Waals surface area (Å²) < 4.78 is 18.9. The van der Waals surface area contributed by atoms with E-state index in [9.17, 15) is 14.0 Å². The lowest BCUT2D eigenvalue weighted by Crippen LogP contribution is -2.61. The van der Waals surface area contributed by atoms with Gasteiger partial charge < -0.3 is 20.7 Å². The molecule has 180 valence electrons. The van der Waals surface area contributed by atoms with Crippen LogP contribution in [0.5, 0.6) is 5.75 Å². The van der Waals surface area contributed by atoms with E-state index in [1.165, 1.54) is 12.1 Å². The third-order valence-corrected chi connectivity index (χ3v) is 7.78. The molecule has 5 atom stereocenters. The van der Waals surface area contributed by atoms with E-state index in [4.69, 9.17) is 16.3 Å². The average molecular weight is 480 g/mol. The molecule has 2 aliphatic heterocycles. The second-order valence-electron chi connectivity index (χ2n) is 9.98. The third-order valence-electron chi connectivity index (χ3n) is 7.48. The number of amides is 2. The molecule has 3 aliphatic carbocycles. The van der Waals surface area contributed by atoms with Gasteiger partial charge in [-0.15, -0.1) is 0 Å². The van der Waals surface area contributed by atoms with E-state index in [0.29, 0.717) is 17.8 Å². The number of rotatable bonds is 6. The Bertz CT molecular complexity index is 914. The fraction of sp³-hybridized carbons (Fsp3) is 0.652. The maximum atomic E-state index is 13.5. The highest BCUT2D eigenvalue weighted by atomic mass is 35.5. The van der Waals surface area contributed by atoms with Gasteiger partial charge in [0.2, 0.25) is 5.91 Å². The molecule has 3 unspecified atom stereocenters. The molecule has 0 spiro atoms. The molecule has 2 amide bonds. The summed E-state index contributed by atoms with van der Waals surface area (Å²) in [6, 6.07) is 3.93. The zero-order chi connectivity index (χ0) is 23.1. The number of carbonyl (C=O) groups is 2. The van der Waals surface area contributed by atoms with Crippen LogP contribution in [0.15, 0.2) is 18.2 Å². The zero-order valence-electron chi connectivity index (χ0n) is 18.7. The predicted molar refractivity (Wildman–Crippen MR) is 121 cm³/mol. The van der Waals surface area contributed by atoms with Crippen molar-refractivity contribution in [1.82, 2.24) is 26.4 Å². The van der Waals surface area contributed by atoms with Gasteiger partial charge in [-0.25, -0.2) is 14.8 Å². The topological polar surface area (TPSA) is 94.7 Å². The van der Waals surface area contributed by atoms with E-state index in [-0.39, 0.29) is 53.5 Å². The minimum Gasteiger partial charge on any atom is -0.484 e. The summed E-state index contributed by atoms with van der Waals surface area (Å²) in [5.41, 5.74) is 3.36. The van der Waals surface area contributed by atoms with E-state index < -0.39 is 5.82 Å². The molecule has 4 N–H and O–H groups in total. The maximum Gasteiger partial charge on any atom is 0.258 e. The molecule has 2 heterocycles. The van der Waals surface area contributed by atoms with Crippen molar-refractivity contribution in [2.24, 2.45) is 17.8 Å². The van der Waals surface area contributed by atoms with Crippen LogP contribution in [-0.2, 0) is 9.59 Å². The summed E-state index contributed by atoms with van der Waals surface area (Å²) in [6.07, 6.45) is 3.69. The molecule has 3 saturated carbocycles. The molecule has 5 fully saturated rings. The summed E-state index contributed by atoms with van der Waals surface area (Å²) >= 11 is 5.67. The Balaban J connectivity index is 1.10. The summed E-state index contributed by atoms with van der Waals surface area (Å²) in [5.74, 6) is 0.917. The average Bonchev–Trinajstić information content (AvgIpc) is 3.17. The van der Waals surface area contributed by atoms with Crippen LogP contribution in [0.4, 0.5) is 4.39 Å². The minimum absolute atomic E-state index is 0.00346. The normalized spacial score (nSPS) is 35.3. The van der Waals surface area contributed by atoms with E-state index in [0.717, 1.165) is 44.8 Å². The Kier molecular flexibility index (Phi) is 6.48. The number of hydrazine groups is 1. The summed E-state index contributed by atoms with van der Waals surface area (Å²) in [7, 11) is 0. The predicted octanol–water partition coefficient (Wildman–Crippen LogP) is 1.40. The quantitative estimate of drug-likeness (QED) is 0.493. The van der Waals surface area contributed by atoms with Crippen LogP contribution < -0.4 is 26.1 Å². The molecule has 2 saturated heterocycles. The van der Waals surface area contributed by atoms with Crippen LogP contribution >= 0.6 is 11.6 Å². The summed E-state index contributed by atoms with van der Waals surface area (Å²) in [6.45, 7) is 3.91. The highest BCUT2D eigenvalue weighted by Gasteiger charge is 2.48. The Labute approximate surface area is 197 Å². The number of benzene rings is 1. The van der Waals surface area contributed by atoms with Gasteiger partial charge in [0.1, 0.15) is 17.6 Å². The SMILES string of the molecule is CC1CNC2CC(C(=O)N[C@@H]3C[C@H](NC(=O)COc4ccc(Cl)c(F)c4)C4CC3C4)NN2C1. The van der Waals surface area contributed by atoms with Gasteiger partial charge in [-0.05, 0) is 49.1 Å². The van der Waals surface area contributed by atoms with E-state index in [1.807, 2.05) is 0 Å². The van der Waals surface area contributed by atoms with Crippen molar-refractivity contribution in [3.8, 4) is 5.75 Å². The standard InChI is InChI=1S/C23H31ClFN5O3/c1-12-9-26-21-8-20(29-30(21)10-12)23(32)28-19-7-18(13-4-14(19)5-13)27-22(31)11-33-15-2-3-16(24)17(25)6-15/h2-3,6,12-14,18-21,26,29H,4-5,7-11H2,1H3,(H,27,31)(H,28,32)/t12?,13?,14?,18-,19+,20?,21?/m0/s1. The largest absolute Gasteiger partial charge is 0.484 e. The number of hydrogen-bond donors (Lipinski definition) is 4. The van der Waals surface area contributed by atoms with Gasteiger partial charge in [0, 0.05) is 37.7 Å². The molecule has 33 heavy (non-hydrogen) atoms. The third kappa shape index (κ3) is 4.96. The lowest BCUT2D eigenvalue weighted by Gasteiger charge is -2.51. The molecule has 6 rings (SSSR count). The number of nitrogens with one attached hydrogen (secondary N) is 4. The van der Waals surface area contributed by atoms with Crippen molar-refractivity contribution >= 4 is 23.4 Å². The summed E-state index contributed by atoms with van der Waals surface area (Å²) in [4.78, 5) is 25.4. The first-order valence-electron chi connectivity index (χ1n) is 11.8. The first-order valence-corrected chi connectivity index (χ1v) is 12.2. The van der Waals surface area contributed by atoms with Crippen LogP contribution in [0.2, 0.25) is 5.02 Å². The van der Waals surface area contributed by atoms with Crippen molar-refractivity contribution < 1.29 is 18.7 Å². The van der Waals surface area contributed by atoms with E-state index in [2.05, 4.69) is 33.3 Å². The first kappa shape index (κ1) is 22.8. The van der Waals surface area contributed by atoms with Gasteiger partial charge in [0.15, 0.2) is 6.61 Å². The molecule has 5 aliphatic rings. The van der Waals surface area contributed by atoms with Gasteiger partial charge in [0.05, 0.1) is 11.2 Å². The lowest BCUT2D eigenvalue weighted by atomic mass is 9.60. The van der Waals surface area contributed by atoms with Gasteiger partial charge >= 0.3 is 0 Å². The monoisotopic (exact) mass is 479 g/mol. The van der Waals surface area contributed by atoms with Crippen molar-refractivity contribution in [2.45, 2.75) is 56.9 Å². The summed E-state index contributed by atoms with van der Waals surface area (Å²) in [5, 5.41) is 11.9. The van der Waals surface area contributed by atoms with Gasteiger partial charge in [-0.3, -0.25) is 9.59 Å². The fourth-order valence-electron chi connectivity index (χ4n) is 5.60. The number of fused-ring (bicyclic) bond motifs is 3. The number of carbonyl (C=O) groups excluding carboxylic acids is 2. The smallest absolute Gasteiger partial charge is 0.258 e. The van der Waals surface area contributed by atoms with Crippen LogP contribution in [0.3, 0.4) is 0 Å². The van der Waals surface area contributed by atoms with Gasteiger partial charge in [-0.2, -0.15) is 0 Å². The number of nitrogens with zero attached hydrogens (tertiary/aromatic N) is 1. The molecule has 1 aromatic rings. The second kappa shape index (κ2) is 9.37. The van der Waals surface area contributed by atoms with Crippen LogP contribution in [0, 0.1) is 23.6 Å². The Morgan fingerprint density at radius 1 is 1.18 bits per heavy atom. The molecular weight excluding hydrogens is 449 g/mol. The van der Waals surface area contributed by atoms with Crippen LogP contribution in [0.1, 0.15) is 32.6 Å². The first-order chi connectivity index (χ1) is 15.9. The molecule has 10 heteroatoms. The number of halogens is 2. The van der Waals surface area contributed by atoms with E-state index in [1.54, 1.807) is 0 Å². The fourth-order valence-corrected chi connectivity index (χ4v) is 5.71. The Morgan fingerprint density at radius 2 is 1.94 bits per heavy atom. The van der Waals surface area contributed by atoms with Crippen molar-refractivity contribution in [1.29, 1.82) is 0 Å².